The summed E-state index contributed by atoms with van der Waals surface area (Å²) in [4.78, 5) is 34.8. The molecule has 2 heterocycles. The lowest BCUT2D eigenvalue weighted by molar-refractivity contribution is -0.117. The van der Waals surface area contributed by atoms with Crippen molar-refractivity contribution in [3.05, 3.63) is 77.7 Å². The Morgan fingerprint density at radius 1 is 0.973 bits per heavy atom. The standard InChI is InChI=1S/C29H29N5O3/c1-19-6-2-5-9-23(19)27-31-26(37-32-27)18-33-12-14-34(15-13-33)29(36)24-16-21-7-3-4-8-22(21)17-25(24)30-28(35)20-10-11-20/h2-9,16-17,20H,10-15,18H2,1H3,(H,30,35). The van der Waals surface area contributed by atoms with Crippen molar-refractivity contribution >= 4 is 28.3 Å². The van der Waals surface area contributed by atoms with Gasteiger partial charge in [0.05, 0.1) is 17.8 Å². The third kappa shape index (κ3) is 4.97. The van der Waals surface area contributed by atoms with E-state index < -0.39 is 0 Å². The smallest absolute Gasteiger partial charge is 0.256 e. The molecule has 8 heteroatoms. The summed E-state index contributed by atoms with van der Waals surface area (Å²) in [6.45, 7) is 5.14. The molecule has 1 saturated heterocycles. The van der Waals surface area contributed by atoms with Crippen molar-refractivity contribution < 1.29 is 14.1 Å². The van der Waals surface area contributed by atoms with Crippen LogP contribution >= 0.6 is 0 Å². The fourth-order valence-corrected chi connectivity index (χ4v) is 4.82. The maximum Gasteiger partial charge on any atom is 0.256 e. The van der Waals surface area contributed by atoms with Gasteiger partial charge in [0.15, 0.2) is 0 Å². The summed E-state index contributed by atoms with van der Waals surface area (Å²) in [7, 11) is 0. The minimum atomic E-state index is -0.0591. The first-order chi connectivity index (χ1) is 18.0. The molecular formula is C29H29N5O3. The zero-order valence-corrected chi connectivity index (χ0v) is 20.8. The summed E-state index contributed by atoms with van der Waals surface area (Å²) in [5.74, 6) is 1.17. The van der Waals surface area contributed by atoms with Crippen molar-refractivity contribution in [1.82, 2.24) is 19.9 Å². The third-order valence-corrected chi connectivity index (χ3v) is 7.19. The maximum absolute atomic E-state index is 13.6. The summed E-state index contributed by atoms with van der Waals surface area (Å²) in [5, 5.41) is 9.16. The summed E-state index contributed by atoms with van der Waals surface area (Å²) >= 11 is 0. The van der Waals surface area contributed by atoms with Crippen LogP contribution < -0.4 is 5.32 Å². The number of amides is 2. The molecule has 188 valence electrons. The summed E-state index contributed by atoms with van der Waals surface area (Å²) in [5.41, 5.74) is 3.20. The van der Waals surface area contributed by atoms with Crippen LogP contribution in [0.15, 0.2) is 65.2 Å². The van der Waals surface area contributed by atoms with Crippen LogP contribution in [0.3, 0.4) is 0 Å². The van der Waals surface area contributed by atoms with Crippen LogP contribution in [0.25, 0.3) is 22.2 Å². The minimum Gasteiger partial charge on any atom is -0.338 e. The highest BCUT2D eigenvalue weighted by molar-refractivity contribution is 6.08. The van der Waals surface area contributed by atoms with E-state index in [9.17, 15) is 9.59 Å². The van der Waals surface area contributed by atoms with Gasteiger partial charge in [0.25, 0.3) is 5.91 Å². The molecule has 0 spiro atoms. The van der Waals surface area contributed by atoms with Gasteiger partial charge >= 0.3 is 0 Å². The molecule has 2 fully saturated rings. The quantitative estimate of drug-likeness (QED) is 0.423. The molecule has 8 nitrogen and oxygen atoms in total. The number of nitrogens with one attached hydrogen (secondary N) is 1. The van der Waals surface area contributed by atoms with E-state index in [4.69, 9.17) is 4.52 Å². The summed E-state index contributed by atoms with van der Waals surface area (Å²) in [6, 6.07) is 19.7. The number of aryl methyl sites for hydroxylation is 1. The van der Waals surface area contributed by atoms with E-state index in [0.29, 0.717) is 55.7 Å². The number of aromatic nitrogens is 2. The molecule has 1 aliphatic heterocycles. The number of hydrogen-bond acceptors (Lipinski definition) is 6. The Hall–Kier alpha value is -4.04. The van der Waals surface area contributed by atoms with Gasteiger partial charge in [-0.05, 0) is 48.2 Å². The molecule has 4 aromatic rings. The van der Waals surface area contributed by atoms with Crippen molar-refractivity contribution in [2.75, 3.05) is 31.5 Å². The Morgan fingerprint density at radius 3 is 2.41 bits per heavy atom. The van der Waals surface area contributed by atoms with Gasteiger partial charge in [-0.2, -0.15) is 4.98 Å². The zero-order valence-electron chi connectivity index (χ0n) is 20.8. The van der Waals surface area contributed by atoms with E-state index in [1.807, 2.05) is 72.5 Å². The van der Waals surface area contributed by atoms with E-state index in [1.54, 1.807) is 0 Å². The monoisotopic (exact) mass is 495 g/mol. The van der Waals surface area contributed by atoms with Gasteiger partial charge in [0.2, 0.25) is 17.6 Å². The van der Waals surface area contributed by atoms with Crippen LogP contribution in [-0.4, -0.2) is 57.9 Å². The van der Waals surface area contributed by atoms with E-state index >= 15 is 0 Å². The average molecular weight is 496 g/mol. The normalized spacial score (nSPS) is 16.2. The molecule has 37 heavy (non-hydrogen) atoms. The first-order valence-electron chi connectivity index (χ1n) is 12.8. The molecule has 0 atom stereocenters. The molecular weight excluding hydrogens is 466 g/mol. The van der Waals surface area contributed by atoms with Crippen LogP contribution in [-0.2, 0) is 11.3 Å². The van der Waals surface area contributed by atoms with Crippen molar-refractivity contribution in [2.24, 2.45) is 5.92 Å². The SMILES string of the molecule is Cc1ccccc1-c1noc(CN2CCN(C(=O)c3cc4ccccc4cc3NC(=O)C3CC3)CC2)n1. The summed E-state index contributed by atoms with van der Waals surface area (Å²) < 4.78 is 5.51. The fourth-order valence-electron chi connectivity index (χ4n) is 4.82. The Bertz CT molecular complexity index is 1470. The van der Waals surface area contributed by atoms with Gasteiger partial charge in [0.1, 0.15) is 0 Å². The lowest BCUT2D eigenvalue weighted by Crippen LogP contribution is -2.48. The predicted octanol–water partition coefficient (Wildman–Crippen LogP) is 4.50. The van der Waals surface area contributed by atoms with Gasteiger partial charge < -0.3 is 14.7 Å². The van der Waals surface area contributed by atoms with Crippen molar-refractivity contribution in [3.63, 3.8) is 0 Å². The zero-order chi connectivity index (χ0) is 25.4. The van der Waals surface area contributed by atoms with Crippen LogP contribution in [0.4, 0.5) is 5.69 Å². The Balaban J connectivity index is 1.14. The van der Waals surface area contributed by atoms with E-state index in [2.05, 4.69) is 20.4 Å². The van der Waals surface area contributed by atoms with Gasteiger partial charge in [-0.15, -0.1) is 0 Å². The number of carbonyl (C=O) groups is 2. The Labute approximate surface area is 215 Å². The number of benzene rings is 3. The maximum atomic E-state index is 13.6. The molecule has 2 aliphatic rings. The van der Waals surface area contributed by atoms with Gasteiger partial charge in [0, 0.05) is 37.7 Å². The lowest BCUT2D eigenvalue weighted by Gasteiger charge is -2.34. The highest BCUT2D eigenvalue weighted by Gasteiger charge is 2.31. The average Bonchev–Trinajstić information content (AvgIpc) is 3.68. The molecule has 1 aromatic heterocycles. The second-order valence-corrected chi connectivity index (χ2v) is 9.90. The molecule has 6 rings (SSSR count). The number of nitrogens with zero attached hydrogens (tertiary/aromatic N) is 4. The first-order valence-corrected chi connectivity index (χ1v) is 12.8. The van der Waals surface area contributed by atoms with Gasteiger partial charge in [-0.3, -0.25) is 14.5 Å². The number of fused-ring (bicyclic) bond motifs is 1. The molecule has 0 unspecified atom stereocenters. The van der Waals surface area contributed by atoms with E-state index in [-0.39, 0.29) is 17.7 Å². The number of rotatable bonds is 6. The largest absolute Gasteiger partial charge is 0.338 e. The topological polar surface area (TPSA) is 91.6 Å². The highest BCUT2D eigenvalue weighted by atomic mass is 16.5. The number of anilines is 1. The van der Waals surface area contributed by atoms with E-state index in [1.165, 1.54) is 0 Å². The number of hydrogen-bond donors (Lipinski definition) is 1. The van der Waals surface area contributed by atoms with Crippen molar-refractivity contribution in [1.29, 1.82) is 0 Å². The first kappa shape index (κ1) is 23.4. The number of carbonyl (C=O) groups excluding carboxylic acids is 2. The second-order valence-electron chi connectivity index (χ2n) is 9.90. The van der Waals surface area contributed by atoms with Gasteiger partial charge in [-0.1, -0.05) is 53.7 Å². The fraction of sp³-hybridized carbons (Fsp3) is 0.310. The second kappa shape index (κ2) is 9.78. The van der Waals surface area contributed by atoms with Gasteiger partial charge in [-0.25, -0.2) is 0 Å². The van der Waals surface area contributed by atoms with Crippen molar-refractivity contribution in [3.8, 4) is 11.4 Å². The molecule has 0 radical (unpaired) electrons. The molecule has 0 bridgehead atoms. The van der Waals surface area contributed by atoms with Crippen molar-refractivity contribution in [2.45, 2.75) is 26.3 Å². The molecule has 2 amide bonds. The Kier molecular flexibility index (Phi) is 6.18. The van der Waals surface area contributed by atoms with Crippen LogP contribution in [0, 0.1) is 12.8 Å². The predicted molar refractivity (Wildman–Crippen MR) is 141 cm³/mol. The van der Waals surface area contributed by atoms with Crippen LogP contribution in [0.1, 0.15) is 34.7 Å². The Morgan fingerprint density at radius 2 is 1.68 bits per heavy atom. The summed E-state index contributed by atoms with van der Waals surface area (Å²) in [6.07, 6.45) is 1.83. The number of piperazine rings is 1. The lowest BCUT2D eigenvalue weighted by atomic mass is 10.0. The minimum absolute atomic E-state index is 0.00114. The third-order valence-electron chi connectivity index (χ3n) is 7.19. The highest BCUT2D eigenvalue weighted by Crippen LogP contribution is 2.32. The van der Waals surface area contributed by atoms with Crippen LogP contribution in [0.5, 0.6) is 0 Å². The molecule has 1 N–H and O–H groups in total. The van der Waals surface area contributed by atoms with E-state index in [0.717, 1.165) is 34.7 Å². The van der Waals surface area contributed by atoms with Crippen LogP contribution in [0.2, 0.25) is 0 Å². The molecule has 1 saturated carbocycles. The molecule has 3 aromatic carbocycles. The molecule has 1 aliphatic carbocycles.